The van der Waals surface area contributed by atoms with E-state index >= 15 is 0 Å². The molecule has 2 saturated heterocycles. The van der Waals surface area contributed by atoms with E-state index in [-0.39, 0.29) is 19.0 Å². The first kappa shape index (κ1) is 24.9. The van der Waals surface area contributed by atoms with E-state index in [9.17, 15) is 14.8 Å². The molecule has 0 radical (unpaired) electrons. The zero-order valence-corrected chi connectivity index (χ0v) is 20.9. The Labute approximate surface area is 210 Å². The van der Waals surface area contributed by atoms with E-state index in [1.54, 1.807) is 35.0 Å². The molecule has 0 amide bonds. The Morgan fingerprint density at radius 2 is 2.06 bits per heavy atom. The van der Waals surface area contributed by atoms with Crippen molar-refractivity contribution >= 4 is 47.9 Å². The normalized spacial score (nSPS) is 33.4. The molecule has 5 rings (SSSR count). The number of aliphatic hydroxyl groups is 2. The number of anilines is 1. The third-order valence-electron chi connectivity index (χ3n) is 6.09. The van der Waals surface area contributed by atoms with Crippen molar-refractivity contribution in [1.82, 2.24) is 14.5 Å². The molecule has 6 atom stereocenters. The quantitative estimate of drug-likeness (QED) is 0.406. The average molecular weight is 545 g/mol. The van der Waals surface area contributed by atoms with Crippen LogP contribution < -0.4 is 5.73 Å². The first-order valence-electron chi connectivity index (χ1n) is 10.7. The molecule has 2 aliphatic rings. The highest BCUT2D eigenvalue weighted by Gasteiger charge is 2.54. The van der Waals surface area contributed by atoms with Gasteiger partial charge in [-0.2, -0.15) is 0 Å². The first-order valence-corrected chi connectivity index (χ1v) is 13.0. The van der Waals surface area contributed by atoms with Gasteiger partial charge in [0.25, 0.3) is 0 Å². The van der Waals surface area contributed by atoms with Crippen LogP contribution in [-0.4, -0.2) is 55.8 Å². The number of phosphoric acid groups is 1. The van der Waals surface area contributed by atoms with E-state index in [0.717, 1.165) is 0 Å². The van der Waals surface area contributed by atoms with Gasteiger partial charge in [-0.05, 0) is 36.8 Å². The number of ether oxygens (including phenoxy) is 1. The highest BCUT2D eigenvalue weighted by molar-refractivity contribution is 7.48. The summed E-state index contributed by atoms with van der Waals surface area (Å²) in [5, 5.41) is 23.2. The molecule has 0 saturated carbocycles. The van der Waals surface area contributed by atoms with Crippen molar-refractivity contribution in [2.75, 3.05) is 18.9 Å². The van der Waals surface area contributed by atoms with Gasteiger partial charge in [0.1, 0.15) is 35.6 Å². The standard InChI is InChI=1S/C21H23Cl2N4O7P/c1-21(29)17(28)16(33-20(21)27-4-2-14-18(24)25-10-26-19(14)27)9-32-35(30)31-5-3-15(34-35)11-6-12(22)8-13(23)7-11/h2,4,6-8,10,15-17,20,28-29H,3,5,9H2,1H3,(H2,24,25,26)/t15-,16-,17-,20-,21-,35+/m1/s1. The summed E-state index contributed by atoms with van der Waals surface area (Å²) in [5.74, 6) is 0.270. The molecule has 4 heterocycles. The van der Waals surface area contributed by atoms with Gasteiger partial charge in [-0.25, -0.2) is 14.5 Å². The van der Waals surface area contributed by atoms with E-state index in [1.165, 1.54) is 13.3 Å². The van der Waals surface area contributed by atoms with Crippen molar-refractivity contribution in [3.05, 3.63) is 52.4 Å². The number of rotatable bonds is 5. The van der Waals surface area contributed by atoms with Crippen LogP contribution in [0.4, 0.5) is 5.82 Å². The molecular weight excluding hydrogens is 522 g/mol. The van der Waals surface area contributed by atoms with Crippen LogP contribution in [0.5, 0.6) is 0 Å². The molecule has 4 N–H and O–H groups in total. The number of benzene rings is 1. The molecule has 2 fully saturated rings. The van der Waals surface area contributed by atoms with Crippen molar-refractivity contribution in [1.29, 1.82) is 0 Å². The van der Waals surface area contributed by atoms with Gasteiger partial charge < -0.3 is 25.3 Å². The lowest BCUT2D eigenvalue weighted by atomic mass is 9.96. The summed E-state index contributed by atoms with van der Waals surface area (Å²) < 4.78 is 37.1. The summed E-state index contributed by atoms with van der Waals surface area (Å²) in [6.07, 6.45) is -0.757. The van der Waals surface area contributed by atoms with Crippen molar-refractivity contribution in [3.63, 3.8) is 0 Å². The zero-order chi connectivity index (χ0) is 25.0. The van der Waals surface area contributed by atoms with Crippen LogP contribution in [0.3, 0.4) is 0 Å². The highest BCUT2D eigenvalue weighted by atomic mass is 35.5. The van der Waals surface area contributed by atoms with Gasteiger partial charge in [0.2, 0.25) is 0 Å². The Kier molecular flexibility index (Phi) is 6.58. The second-order valence-electron chi connectivity index (χ2n) is 8.58. The molecule has 11 nitrogen and oxygen atoms in total. The van der Waals surface area contributed by atoms with E-state index in [0.29, 0.717) is 33.1 Å². The van der Waals surface area contributed by atoms with E-state index in [2.05, 4.69) is 9.97 Å². The maximum absolute atomic E-state index is 13.2. The maximum atomic E-state index is 13.2. The molecule has 0 aliphatic carbocycles. The molecule has 3 aromatic rings. The summed E-state index contributed by atoms with van der Waals surface area (Å²) in [4.78, 5) is 8.15. The van der Waals surface area contributed by atoms with Crippen molar-refractivity contribution in [2.24, 2.45) is 0 Å². The minimum atomic E-state index is -4.01. The number of phosphoric ester groups is 1. The van der Waals surface area contributed by atoms with Crippen LogP contribution in [0.25, 0.3) is 11.0 Å². The summed E-state index contributed by atoms with van der Waals surface area (Å²) in [7, 11) is -4.01. The fraction of sp³-hybridized carbons (Fsp3) is 0.429. The lowest BCUT2D eigenvalue weighted by Crippen LogP contribution is -2.44. The topological polar surface area (TPSA) is 151 Å². The van der Waals surface area contributed by atoms with Crippen LogP contribution >= 0.6 is 31.0 Å². The van der Waals surface area contributed by atoms with Crippen LogP contribution in [0.1, 0.15) is 31.2 Å². The number of aromatic nitrogens is 3. The summed E-state index contributed by atoms with van der Waals surface area (Å²) in [5.41, 5.74) is 5.22. The minimum Gasteiger partial charge on any atom is -0.387 e. The lowest BCUT2D eigenvalue weighted by Gasteiger charge is -2.30. The molecule has 2 aromatic heterocycles. The Balaban J connectivity index is 1.31. The van der Waals surface area contributed by atoms with Gasteiger partial charge >= 0.3 is 7.82 Å². The van der Waals surface area contributed by atoms with Crippen molar-refractivity contribution < 1.29 is 33.1 Å². The Hall–Kier alpha value is -1.79. The fourth-order valence-corrected chi connectivity index (χ4v) is 6.23. The van der Waals surface area contributed by atoms with Gasteiger partial charge in [-0.15, -0.1) is 0 Å². The summed E-state index contributed by atoms with van der Waals surface area (Å²) in [6, 6.07) is 6.59. The zero-order valence-electron chi connectivity index (χ0n) is 18.5. The number of aliphatic hydroxyl groups excluding tert-OH is 1. The minimum absolute atomic E-state index is 0.108. The van der Waals surface area contributed by atoms with E-state index in [1.807, 2.05) is 0 Å². The van der Waals surface area contributed by atoms with Crippen molar-refractivity contribution in [2.45, 2.75) is 43.5 Å². The van der Waals surface area contributed by atoms with E-state index < -0.39 is 38.0 Å². The molecule has 0 unspecified atom stereocenters. The Bertz CT molecular complexity index is 1290. The number of hydrogen-bond acceptors (Lipinski definition) is 10. The number of nitrogens with two attached hydrogens (primary N) is 1. The maximum Gasteiger partial charge on any atom is 0.475 e. The number of nitrogen functional groups attached to an aromatic ring is 1. The highest BCUT2D eigenvalue weighted by Crippen LogP contribution is 2.57. The third kappa shape index (κ3) is 4.69. The monoisotopic (exact) mass is 544 g/mol. The van der Waals surface area contributed by atoms with E-state index in [4.69, 9.17) is 47.2 Å². The van der Waals surface area contributed by atoms with Gasteiger partial charge in [-0.3, -0.25) is 13.6 Å². The smallest absolute Gasteiger partial charge is 0.387 e. The molecule has 0 spiro atoms. The molecule has 14 heteroatoms. The third-order valence-corrected chi connectivity index (χ3v) is 8.00. The molecule has 2 aliphatic heterocycles. The molecular formula is C21H23Cl2N4O7P. The van der Waals surface area contributed by atoms with Crippen LogP contribution in [-0.2, 0) is 22.9 Å². The average Bonchev–Trinajstić information content (AvgIpc) is 3.31. The van der Waals surface area contributed by atoms with Crippen molar-refractivity contribution in [3.8, 4) is 0 Å². The van der Waals surface area contributed by atoms with Gasteiger partial charge in [0.15, 0.2) is 6.23 Å². The lowest BCUT2D eigenvalue weighted by molar-refractivity contribution is -0.0950. The molecule has 1 aromatic carbocycles. The largest absolute Gasteiger partial charge is 0.475 e. The number of halogens is 2. The second kappa shape index (κ2) is 9.26. The summed E-state index contributed by atoms with van der Waals surface area (Å²) >= 11 is 12.2. The number of nitrogens with zero attached hydrogens (tertiary/aromatic N) is 3. The predicted molar refractivity (Wildman–Crippen MR) is 127 cm³/mol. The van der Waals surface area contributed by atoms with Gasteiger partial charge in [0.05, 0.1) is 24.7 Å². The summed E-state index contributed by atoms with van der Waals surface area (Å²) in [6.45, 7) is 1.16. The first-order chi connectivity index (χ1) is 16.6. The second-order valence-corrected chi connectivity index (χ2v) is 11.1. The SMILES string of the molecule is C[C@@]1(O)[C@H](O)[C@@H](CO[P@]2(=O)OCC[C@H](c3cc(Cl)cc(Cl)c3)O2)O[C@H]1n1ccc2c(N)ncnc21. The van der Waals surface area contributed by atoms with Gasteiger partial charge in [0, 0.05) is 22.7 Å². The van der Waals surface area contributed by atoms with Crippen LogP contribution in [0.15, 0.2) is 36.8 Å². The van der Waals surface area contributed by atoms with Crippen LogP contribution in [0, 0.1) is 0 Å². The predicted octanol–water partition coefficient (Wildman–Crippen LogP) is 3.63. The van der Waals surface area contributed by atoms with Crippen LogP contribution in [0.2, 0.25) is 10.0 Å². The molecule has 188 valence electrons. The Morgan fingerprint density at radius 1 is 1.31 bits per heavy atom. The molecule has 35 heavy (non-hydrogen) atoms. The number of hydrogen-bond donors (Lipinski definition) is 3. The Morgan fingerprint density at radius 3 is 2.80 bits per heavy atom. The molecule has 0 bridgehead atoms. The fourth-order valence-electron chi connectivity index (χ4n) is 4.29. The number of fused-ring (bicyclic) bond motifs is 1. The van der Waals surface area contributed by atoms with Gasteiger partial charge in [-0.1, -0.05) is 23.2 Å².